The number of aryl methyl sites for hydroxylation is 2. The molecule has 22 heavy (non-hydrogen) atoms. The molecule has 0 N–H and O–H groups in total. The fourth-order valence-electron chi connectivity index (χ4n) is 2.90. The Morgan fingerprint density at radius 1 is 1.09 bits per heavy atom. The van der Waals surface area contributed by atoms with Gasteiger partial charge >= 0.3 is 0 Å². The second kappa shape index (κ2) is 6.97. The lowest BCUT2D eigenvalue weighted by molar-refractivity contribution is 0.629. The van der Waals surface area contributed by atoms with Crippen molar-refractivity contribution in [1.29, 1.82) is 0 Å². The van der Waals surface area contributed by atoms with E-state index in [-0.39, 0.29) is 18.0 Å². The molecule has 3 aromatic rings. The van der Waals surface area contributed by atoms with Crippen LogP contribution in [0.2, 0.25) is 0 Å². The Hall–Kier alpha value is -1.81. The number of halogens is 1. The smallest absolute Gasteiger partial charge is 0.277 e. The van der Waals surface area contributed by atoms with Crippen LogP contribution in [-0.2, 0) is 13.1 Å². The van der Waals surface area contributed by atoms with E-state index in [2.05, 4.69) is 24.9 Å². The van der Waals surface area contributed by atoms with Crippen LogP contribution in [0.3, 0.4) is 0 Å². The Morgan fingerprint density at radius 2 is 1.86 bits per heavy atom. The normalized spacial score (nSPS) is 11.0. The molecule has 3 rings (SSSR count). The van der Waals surface area contributed by atoms with E-state index in [4.69, 9.17) is 0 Å². The van der Waals surface area contributed by atoms with E-state index >= 15 is 0 Å². The van der Waals surface area contributed by atoms with Gasteiger partial charge in [-0.25, -0.2) is 4.98 Å². The number of unbranched alkanes of at least 4 members (excludes halogenated alkanes) is 1. The summed E-state index contributed by atoms with van der Waals surface area (Å²) in [6, 6.07) is 8.07. The van der Waals surface area contributed by atoms with Crippen molar-refractivity contribution in [3.05, 3.63) is 40.9 Å². The third-order valence-corrected chi connectivity index (χ3v) is 3.94. The molecule has 0 aliphatic carbocycles. The van der Waals surface area contributed by atoms with E-state index in [1.54, 1.807) is 6.33 Å². The molecule has 5 heteroatoms. The number of benzene rings is 1. The number of imidazole rings is 1. The minimum Gasteiger partial charge on any atom is -0.326 e. The van der Waals surface area contributed by atoms with Crippen molar-refractivity contribution in [1.82, 2.24) is 14.1 Å². The minimum absolute atomic E-state index is 0. The molecule has 0 saturated carbocycles. The Bertz CT molecular complexity index is 835. The van der Waals surface area contributed by atoms with Crippen LogP contribution in [0.4, 0.5) is 0 Å². The number of hydrogen-bond acceptors (Lipinski definition) is 2. The van der Waals surface area contributed by atoms with Gasteiger partial charge in [0.2, 0.25) is 0 Å². The van der Waals surface area contributed by atoms with Crippen LogP contribution in [0.1, 0.15) is 33.1 Å². The van der Waals surface area contributed by atoms with Crippen LogP contribution in [-0.4, -0.2) is 14.1 Å². The van der Waals surface area contributed by atoms with Crippen LogP contribution >= 0.6 is 12.4 Å². The van der Waals surface area contributed by atoms with Crippen molar-refractivity contribution in [2.75, 3.05) is 0 Å². The van der Waals surface area contributed by atoms with Crippen LogP contribution in [0.15, 0.2) is 35.4 Å². The first-order valence-electron chi connectivity index (χ1n) is 7.74. The summed E-state index contributed by atoms with van der Waals surface area (Å²) in [4.78, 5) is 17.4. The number of para-hydroxylation sites is 1. The molecule has 2 aromatic heterocycles. The predicted molar refractivity (Wildman–Crippen MR) is 93.9 cm³/mol. The summed E-state index contributed by atoms with van der Waals surface area (Å²) in [5.41, 5.74) is 2.65. The molecule has 0 aliphatic heterocycles. The molecule has 4 nitrogen and oxygen atoms in total. The quantitative estimate of drug-likeness (QED) is 0.713. The fourth-order valence-corrected chi connectivity index (χ4v) is 2.90. The van der Waals surface area contributed by atoms with Crippen LogP contribution in [0.25, 0.3) is 21.9 Å². The monoisotopic (exact) mass is 319 g/mol. The van der Waals surface area contributed by atoms with Gasteiger partial charge in [0, 0.05) is 18.5 Å². The molecule has 118 valence electrons. The first kappa shape index (κ1) is 16.6. The van der Waals surface area contributed by atoms with Gasteiger partial charge in [0.1, 0.15) is 11.0 Å². The maximum absolute atomic E-state index is 12.9. The highest BCUT2D eigenvalue weighted by Crippen LogP contribution is 2.22. The third kappa shape index (κ3) is 2.63. The van der Waals surface area contributed by atoms with E-state index in [0.717, 1.165) is 54.3 Å². The fraction of sp³-hybridized carbons (Fsp3) is 0.412. The van der Waals surface area contributed by atoms with Gasteiger partial charge in [0.15, 0.2) is 0 Å². The molecule has 2 heterocycles. The Balaban J connectivity index is 0.00000176. The highest BCUT2D eigenvalue weighted by Gasteiger charge is 2.14. The largest absolute Gasteiger partial charge is 0.326 e. The summed E-state index contributed by atoms with van der Waals surface area (Å²) in [6.07, 6.45) is 4.88. The van der Waals surface area contributed by atoms with Crippen molar-refractivity contribution >= 4 is 34.3 Å². The first-order valence-corrected chi connectivity index (χ1v) is 7.74. The number of aromatic nitrogens is 3. The van der Waals surface area contributed by atoms with E-state index in [1.165, 1.54) is 0 Å². The highest BCUT2D eigenvalue weighted by atomic mass is 35.5. The van der Waals surface area contributed by atoms with Gasteiger partial charge in [-0.3, -0.25) is 4.79 Å². The van der Waals surface area contributed by atoms with E-state index in [9.17, 15) is 4.79 Å². The number of pyridine rings is 1. The molecule has 1 aromatic carbocycles. The predicted octanol–water partition coefficient (Wildman–Crippen LogP) is 3.98. The lowest BCUT2D eigenvalue weighted by Crippen LogP contribution is -2.23. The zero-order chi connectivity index (χ0) is 14.8. The highest BCUT2D eigenvalue weighted by molar-refractivity contribution is 6.02. The summed E-state index contributed by atoms with van der Waals surface area (Å²) in [5.74, 6) is 0. The molecule has 0 amide bonds. The Morgan fingerprint density at radius 3 is 2.59 bits per heavy atom. The van der Waals surface area contributed by atoms with Gasteiger partial charge < -0.3 is 9.13 Å². The average molecular weight is 320 g/mol. The molecular formula is C17H22ClN3O. The van der Waals surface area contributed by atoms with Gasteiger partial charge in [0.25, 0.3) is 5.56 Å². The molecule has 0 bridgehead atoms. The number of hydrogen-bond donors (Lipinski definition) is 0. The Kier molecular flexibility index (Phi) is 5.24. The maximum atomic E-state index is 12.9. The summed E-state index contributed by atoms with van der Waals surface area (Å²) in [6.45, 7) is 5.86. The lowest BCUT2D eigenvalue weighted by atomic mass is 10.1. The molecule has 0 aliphatic rings. The van der Waals surface area contributed by atoms with E-state index in [0.29, 0.717) is 0 Å². The summed E-state index contributed by atoms with van der Waals surface area (Å²) in [7, 11) is 0. The summed E-state index contributed by atoms with van der Waals surface area (Å²) >= 11 is 0. The van der Waals surface area contributed by atoms with Gasteiger partial charge in [-0.05, 0) is 18.9 Å². The van der Waals surface area contributed by atoms with Gasteiger partial charge in [-0.2, -0.15) is 0 Å². The minimum atomic E-state index is 0. The molecular weight excluding hydrogens is 298 g/mol. The zero-order valence-corrected chi connectivity index (χ0v) is 13.9. The van der Waals surface area contributed by atoms with Crippen molar-refractivity contribution in [2.24, 2.45) is 0 Å². The first-order chi connectivity index (χ1) is 10.3. The second-order valence-electron chi connectivity index (χ2n) is 5.46. The van der Waals surface area contributed by atoms with Gasteiger partial charge in [-0.15, -0.1) is 12.4 Å². The number of fused-ring (bicyclic) bond motifs is 3. The van der Waals surface area contributed by atoms with E-state index < -0.39 is 0 Å². The second-order valence-corrected chi connectivity index (χ2v) is 5.46. The molecule has 0 fully saturated rings. The van der Waals surface area contributed by atoms with Crippen molar-refractivity contribution in [3.8, 4) is 0 Å². The molecule has 0 spiro atoms. The number of nitrogens with zero attached hydrogens (tertiary/aromatic N) is 3. The average Bonchev–Trinajstić information content (AvgIpc) is 2.92. The maximum Gasteiger partial charge on any atom is 0.277 e. The van der Waals surface area contributed by atoms with Crippen molar-refractivity contribution < 1.29 is 0 Å². The third-order valence-electron chi connectivity index (χ3n) is 3.94. The molecule has 0 saturated heterocycles. The number of rotatable bonds is 5. The Labute approximate surface area is 136 Å². The molecule has 0 atom stereocenters. The summed E-state index contributed by atoms with van der Waals surface area (Å²) in [5, 5.41) is 1.07. The van der Waals surface area contributed by atoms with E-state index in [1.807, 2.05) is 27.3 Å². The molecule has 0 unspecified atom stereocenters. The van der Waals surface area contributed by atoms with Crippen LogP contribution < -0.4 is 5.56 Å². The summed E-state index contributed by atoms with van der Waals surface area (Å²) < 4.78 is 3.90. The van der Waals surface area contributed by atoms with Gasteiger partial charge in [0.05, 0.1) is 11.8 Å². The topological polar surface area (TPSA) is 39.8 Å². The molecule has 0 radical (unpaired) electrons. The lowest BCUT2D eigenvalue weighted by Gasteiger charge is -2.11. The SMILES string of the molecule is CCCCn1c(=O)c2c(ncn2CCC)c2ccccc21.Cl. The van der Waals surface area contributed by atoms with Crippen LogP contribution in [0.5, 0.6) is 0 Å². The van der Waals surface area contributed by atoms with Crippen molar-refractivity contribution in [3.63, 3.8) is 0 Å². The van der Waals surface area contributed by atoms with Gasteiger partial charge in [-0.1, -0.05) is 38.5 Å². The van der Waals surface area contributed by atoms with Crippen LogP contribution in [0, 0.1) is 0 Å². The zero-order valence-electron chi connectivity index (χ0n) is 13.1. The standard InChI is InChI=1S/C17H21N3O.ClH/c1-3-5-11-20-14-9-7-6-8-13(14)15-16(17(20)21)19(10-4-2)12-18-15;/h6-9,12H,3-5,10-11H2,1-2H3;1H. The van der Waals surface area contributed by atoms with Crippen molar-refractivity contribution in [2.45, 2.75) is 46.2 Å².